The molecule has 0 N–H and O–H groups in total. The van der Waals surface area contributed by atoms with Crippen molar-refractivity contribution in [1.82, 2.24) is 4.57 Å². The lowest BCUT2D eigenvalue weighted by Crippen LogP contribution is -2.16. The zero-order valence-corrected chi connectivity index (χ0v) is 33.4. The molecule has 0 spiro atoms. The molecule has 2 aromatic heterocycles. The Morgan fingerprint density at radius 2 is 1.02 bits per heavy atom. The minimum atomic E-state index is -0.122. The standard InChI is InChI=1S/C57H40N2O/c1-57(2)51-23-10-6-19-44(51)45-32-31-42(36-52(45)57)58(41-18-14-17-39(33-41)37-15-4-3-5-16-37)40-29-27-38(28-30-40)49-34-43(35-50-48-22-9-13-26-55(48)60-56(49)50)59-53-24-11-7-20-46(53)47-21-8-12-25-54(47)59/h3-36H,1-2H3. The summed E-state index contributed by atoms with van der Waals surface area (Å²) in [5.74, 6) is 0. The van der Waals surface area contributed by atoms with Gasteiger partial charge in [0.25, 0.3) is 0 Å². The van der Waals surface area contributed by atoms with E-state index in [-0.39, 0.29) is 5.41 Å². The van der Waals surface area contributed by atoms with E-state index in [1.54, 1.807) is 0 Å². The zero-order valence-electron chi connectivity index (χ0n) is 33.4. The molecule has 3 nitrogen and oxygen atoms in total. The third-order valence-electron chi connectivity index (χ3n) is 12.8. The number of aromatic nitrogens is 1. The van der Waals surface area contributed by atoms with E-state index in [1.165, 1.54) is 55.2 Å². The Hall–Kier alpha value is -7.62. The molecule has 1 aliphatic rings. The van der Waals surface area contributed by atoms with Crippen LogP contribution in [0.3, 0.4) is 0 Å². The number of nitrogens with zero attached hydrogens (tertiary/aromatic N) is 2. The van der Waals surface area contributed by atoms with E-state index in [1.807, 2.05) is 6.07 Å². The van der Waals surface area contributed by atoms with Crippen molar-refractivity contribution in [3.8, 4) is 39.1 Å². The van der Waals surface area contributed by atoms with E-state index in [4.69, 9.17) is 4.42 Å². The molecule has 9 aromatic carbocycles. The van der Waals surface area contributed by atoms with Gasteiger partial charge in [-0.2, -0.15) is 0 Å². The number of hydrogen-bond acceptors (Lipinski definition) is 2. The van der Waals surface area contributed by atoms with E-state index in [9.17, 15) is 0 Å². The highest BCUT2D eigenvalue weighted by atomic mass is 16.3. The van der Waals surface area contributed by atoms with Crippen LogP contribution in [0.1, 0.15) is 25.0 Å². The molecule has 0 saturated heterocycles. The first-order chi connectivity index (χ1) is 29.5. The van der Waals surface area contributed by atoms with Gasteiger partial charge in [0.2, 0.25) is 0 Å². The largest absolute Gasteiger partial charge is 0.455 e. The number of furan rings is 1. The normalized spacial score (nSPS) is 13.0. The molecule has 11 aromatic rings. The summed E-state index contributed by atoms with van der Waals surface area (Å²) in [5, 5.41) is 4.70. The number of para-hydroxylation sites is 3. The average molecular weight is 769 g/mol. The second kappa shape index (κ2) is 13.2. The molecule has 284 valence electrons. The van der Waals surface area contributed by atoms with Gasteiger partial charge < -0.3 is 13.9 Å². The summed E-state index contributed by atoms with van der Waals surface area (Å²) >= 11 is 0. The zero-order chi connectivity index (χ0) is 40.0. The molecule has 1 aliphatic carbocycles. The molecule has 2 heterocycles. The Morgan fingerprint density at radius 3 is 1.80 bits per heavy atom. The molecule has 0 unspecified atom stereocenters. The Kier molecular flexibility index (Phi) is 7.58. The highest BCUT2D eigenvalue weighted by Crippen LogP contribution is 2.51. The van der Waals surface area contributed by atoms with Gasteiger partial charge in [0, 0.05) is 55.3 Å². The molecule has 60 heavy (non-hydrogen) atoms. The predicted octanol–water partition coefficient (Wildman–Crippen LogP) is 15.8. The minimum Gasteiger partial charge on any atom is -0.455 e. The molecule has 0 atom stereocenters. The highest BCUT2D eigenvalue weighted by Gasteiger charge is 2.35. The van der Waals surface area contributed by atoms with Crippen LogP contribution in [0.5, 0.6) is 0 Å². The molecule has 0 saturated carbocycles. The van der Waals surface area contributed by atoms with Gasteiger partial charge in [0.1, 0.15) is 11.2 Å². The second-order valence-electron chi connectivity index (χ2n) is 16.5. The summed E-state index contributed by atoms with van der Waals surface area (Å²) in [6.45, 7) is 4.70. The first-order valence-corrected chi connectivity index (χ1v) is 20.8. The van der Waals surface area contributed by atoms with Crippen molar-refractivity contribution in [2.75, 3.05) is 4.90 Å². The molecule has 0 amide bonds. The maximum Gasteiger partial charge on any atom is 0.143 e. The summed E-state index contributed by atoms with van der Waals surface area (Å²) in [6.07, 6.45) is 0. The maximum absolute atomic E-state index is 6.73. The first-order valence-electron chi connectivity index (χ1n) is 20.8. The van der Waals surface area contributed by atoms with Gasteiger partial charge in [-0.3, -0.25) is 0 Å². The monoisotopic (exact) mass is 768 g/mol. The molecule has 12 rings (SSSR count). The molecule has 0 radical (unpaired) electrons. The van der Waals surface area contributed by atoms with E-state index in [2.05, 4.69) is 224 Å². The Bertz CT molecular complexity index is 3410. The minimum absolute atomic E-state index is 0.122. The fraction of sp³-hybridized carbons (Fsp3) is 0.0526. The third-order valence-corrected chi connectivity index (χ3v) is 12.8. The number of benzene rings is 9. The van der Waals surface area contributed by atoms with Crippen molar-refractivity contribution in [2.45, 2.75) is 19.3 Å². The summed E-state index contributed by atoms with van der Waals surface area (Å²) in [5.41, 5.74) is 18.3. The van der Waals surface area contributed by atoms with Crippen molar-refractivity contribution >= 4 is 60.8 Å². The van der Waals surface area contributed by atoms with Crippen LogP contribution < -0.4 is 4.90 Å². The number of fused-ring (bicyclic) bond motifs is 9. The van der Waals surface area contributed by atoms with Gasteiger partial charge >= 0.3 is 0 Å². The van der Waals surface area contributed by atoms with Crippen LogP contribution in [0.15, 0.2) is 211 Å². The SMILES string of the molecule is CC1(C)c2ccccc2-c2ccc(N(c3ccc(-c4cc(-n5c6ccccc6c6ccccc65)cc5c4oc4ccccc45)cc3)c3cccc(-c4ccccc4)c3)cc21. The van der Waals surface area contributed by atoms with Crippen LogP contribution in [-0.2, 0) is 5.41 Å². The number of rotatable bonds is 6. The van der Waals surface area contributed by atoms with Gasteiger partial charge in [-0.05, 0) is 106 Å². The maximum atomic E-state index is 6.73. The van der Waals surface area contributed by atoms with Crippen LogP contribution >= 0.6 is 0 Å². The van der Waals surface area contributed by atoms with Crippen molar-refractivity contribution in [1.29, 1.82) is 0 Å². The number of hydrogen-bond donors (Lipinski definition) is 0. The van der Waals surface area contributed by atoms with Gasteiger partial charge in [-0.25, -0.2) is 0 Å². The van der Waals surface area contributed by atoms with Crippen LogP contribution in [0.25, 0.3) is 82.8 Å². The van der Waals surface area contributed by atoms with Crippen LogP contribution in [0.4, 0.5) is 17.1 Å². The van der Waals surface area contributed by atoms with Crippen molar-refractivity contribution < 1.29 is 4.42 Å². The lowest BCUT2D eigenvalue weighted by Gasteiger charge is -2.28. The topological polar surface area (TPSA) is 21.3 Å². The van der Waals surface area contributed by atoms with Gasteiger partial charge in [-0.15, -0.1) is 0 Å². The van der Waals surface area contributed by atoms with E-state index < -0.39 is 0 Å². The van der Waals surface area contributed by atoms with Crippen LogP contribution in [0.2, 0.25) is 0 Å². The van der Waals surface area contributed by atoms with Crippen LogP contribution in [0, 0.1) is 0 Å². The molecule has 3 heteroatoms. The fourth-order valence-corrected chi connectivity index (χ4v) is 9.88. The second-order valence-corrected chi connectivity index (χ2v) is 16.5. The smallest absolute Gasteiger partial charge is 0.143 e. The van der Waals surface area contributed by atoms with E-state index >= 15 is 0 Å². The molecular formula is C57H40N2O. The van der Waals surface area contributed by atoms with Gasteiger partial charge in [-0.1, -0.05) is 153 Å². The quantitative estimate of drug-likeness (QED) is 0.168. The van der Waals surface area contributed by atoms with E-state index in [0.29, 0.717) is 0 Å². The summed E-state index contributed by atoms with van der Waals surface area (Å²) in [7, 11) is 0. The lowest BCUT2D eigenvalue weighted by molar-refractivity contribution is 0.660. The summed E-state index contributed by atoms with van der Waals surface area (Å²) in [4.78, 5) is 2.40. The van der Waals surface area contributed by atoms with E-state index in [0.717, 1.165) is 55.8 Å². The Morgan fingerprint density at radius 1 is 0.400 bits per heavy atom. The summed E-state index contributed by atoms with van der Waals surface area (Å²) < 4.78 is 9.13. The fourth-order valence-electron chi connectivity index (χ4n) is 9.88. The molecule has 0 aliphatic heterocycles. The highest BCUT2D eigenvalue weighted by molar-refractivity contribution is 6.13. The first kappa shape index (κ1) is 34.4. The summed E-state index contributed by atoms with van der Waals surface area (Å²) in [6, 6.07) is 74.9. The third kappa shape index (κ3) is 5.22. The van der Waals surface area contributed by atoms with Gasteiger partial charge in [0.05, 0.1) is 11.0 Å². The predicted molar refractivity (Wildman–Crippen MR) is 251 cm³/mol. The molecule has 0 fully saturated rings. The van der Waals surface area contributed by atoms with Crippen molar-refractivity contribution in [2.24, 2.45) is 0 Å². The molecule has 0 bridgehead atoms. The van der Waals surface area contributed by atoms with Gasteiger partial charge in [0.15, 0.2) is 0 Å². The van der Waals surface area contributed by atoms with Crippen molar-refractivity contribution in [3.05, 3.63) is 217 Å². The molecular weight excluding hydrogens is 729 g/mol. The number of anilines is 3. The lowest BCUT2D eigenvalue weighted by atomic mass is 9.82. The average Bonchev–Trinajstić information content (AvgIpc) is 3.92. The van der Waals surface area contributed by atoms with Crippen molar-refractivity contribution in [3.63, 3.8) is 0 Å². The Balaban J connectivity index is 1.04. The van der Waals surface area contributed by atoms with Crippen LogP contribution in [-0.4, -0.2) is 4.57 Å². The Labute approximate surface area is 349 Å².